The van der Waals surface area contributed by atoms with Crippen molar-refractivity contribution in [3.05, 3.63) is 65.2 Å². The highest BCUT2D eigenvalue weighted by atomic mass is 32.2. The number of carbonyl (C=O) groups excluding carboxylic acids is 1. The molecule has 0 atom stereocenters. The van der Waals surface area contributed by atoms with Gasteiger partial charge in [0.25, 0.3) is 0 Å². The predicted octanol–water partition coefficient (Wildman–Crippen LogP) is 3.68. The van der Waals surface area contributed by atoms with Crippen LogP contribution in [-0.2, 0) is 21.3 Å². The van der Waals surface area contributed by atoms with E-state index in [-0.39, 0.29) is 18.6 Å². The van der Waals surface area contributed by atoms with Gasteiger partial charge in [-0.3, -0.25) is 0 Å². The van der Waals surface area contributed by atoms with Crippen LogP contribution in [-0.4, -0.2) is 26.5 Å². The Balaban J connectivity index is 2.22. The van der Waals surface area contributed by atoms with Crippen LogP contribution in [0.3, 0.4) is 0 Å². The van der Waals surface area contributed by atoms with E-state index in [1.807, 2.05) is 0 Å². The normalized spacial score (nSPS) is 11.8. The molecule has 140 valence electrons. The van der Waals surface area contributed by atoms with Gasteiger partial charge in [-0.05, 0) is 30.7 Å². The third-order valence-electron chi connectivity index (χ3n) is 3.32. The Morgan fingerprint density at radius 1 is 1.04 bits per heavy atom. The van der Waals surface area contributed by atoms with Gasteiger partial charge in [0, 0.05) is 12.0 Å². The molecule has 0 aliphatic rings. The molecule has 0 saturated heterocycles. The smallest absolute Gasteiger partial charge is 0.462 e. The molecule has 0 aromatic heterocycles. The molecule has 0 spiro atoms. The van der Waals surface area contributed by atoms with E-state index in [1.54, 1.807) is 25.1 Å². The van der Waals surface area contributed by atoms with Crippen molar-refractivity contribution in [2.75, 3.05) is 6.61 Å². The van der Waals surface area contributed by atoms with Crippen molar-refractivity contribution in [2.45, 2.75) is 18.9 Å². The second-order valence-electron chi connectivity index (χ2n) is 5.19. The molecule has 9 heteroatoms. The summed E-state index contributed by atoms with van der Waals surface area (Å²) in [6.45, 7) is 1.91. The Morgan fingerprint density at radius 3 is 2.23 bits per heavy atom. The van der Waals surface area contributed by atoms with Gasteiger partial charge in [0.05, 0.1) is 12.2 Å². The fourth-order valence-corrected chi connectivity index (χ4v) is 2.58. The first-order valence-corrected chi connectivity index (χ1v) is 8.89. The van der Waals surface area contributed by atoms with Crippen LogP contribution in [0.15, 0.2) is 48.5 Å². The zero-order valence-corrected chi connectivity index (χ0v) is 14.4. The average molecular weight is 388 g/mol. The van der Waals surface area contributed by atoms with E-state index in [4.69, 9.17) is 4.74 Å². The molecule has 0 aliphatic heterocycles. The Bertz CT molecular complexity index is 874. The van der Waals surface area contributed by atoms with Gasteiger partial charge < -0.3 is 8.92 Å². The van der Waals surface area contributed by atoms with Crippen LogP contribution in [0, 0.1) is 0 Å². The molecule has 0 radical (unpaired) electrons. The van der Waals surface area contributed by atoms with Crippen LogP contribution in [0.2, 0.25) is 0 Å². The SMILES string of the molecule is CCOC(=O)c1ccc(Cc2ccccc2OS(=O)(=O)C(F)(F)F)cc1. The molecule has 0 saturated carbocycles. The number of esters is 1. The number of hydrogen-bond acceptors (Lipinski definition) is 5. The molecule has 0 amide bonds. The molecular formula is C17H15F3O5S. The van der Waals surface area contributed by atoms with Crippen LogP contribution in [0.4, 0.5) is 13.2 Å². The lowest BCUT2D eigenvalue weighted by atomic mass is 10.0. The highest BCUT2D eigenvalue weighted by Gasteiger charge is 2.48. The largest absolute Gasteiger partial charge is 0.534 e. The molecule has 0 fully saturated rings. The molecule has 2 aromatic carbocycles. The van der Waals surface area contributed by atoms with Gasteiger partial charge in [0.2, 0.25) is 0 Å². The molecular weight excluding hydrogens is 373 g/mol. The van der Waals surface area contributed by atoms with Gasteiger partial charge in [0.15, 0.2) is 0 Å². The molecule has 0 bridgehead atoms. The topological polar surface area (TPSA) is 69.7 Å². The van der Waals surface area contributed by atoms with Crippen molar-refractivity contribution >= 4 is 16.1 Å². The van der Waals surface area contributed by atoms with Crippen LogP contribution in [0.25, 0.3) is 0 Å². The molecule has 0 aliphatic carbocycles. The van der Waals surface area contributed by atoms with Gasteiger partial charge in [-0.1, -0.05) is 30.3 Å². The number of para-hydroxylation sites is 1. The quantitative estimate of drug-likeness (QED) is 0.429. The first-order chi connectivity index (χ1) is 12.1. The first-order valence-electron chi connectivity index (χ1n) is 7.49. The van der Waals surface area contributed by atoms with Gasteiger partial charge in [-0.15, -0.1) is 0 Å². The third-order valence-corrected chi connectivity index (χ3v) is 4.28. The molecule has 2 rings (SSSR count). The van der Waals surface area contributed by atoms with E-state index >= 15 is 0 Å². The van der Waals surface area contributed by atoms with E-state index in [0.717, 1.165) is 6.07 Å². The summed E-state index contributed by atoms with van der Waals surface area (Å²) in [4.78, 5) is 11.6. The maximum absolute atomic E-state index is 12.5. The van der Waals surface area contributed by atoms with E-state index < -0.39 is 27.3 Å². The lowest BCUT2D eigenvalue weighted by Crippen LogP contribution is -2.28. The number of halogens is 3. The van der Waals surface area contributed by atoms with Crippen molar-refractivity contribution in [1.82, 2.24) is 0 Å². The molecule has 2 aromatic rings. The maximum Gasteiger partial charge on any atom is 0.534 e. The van der Waals surface area contributed by atoms with Crippen LogP contribution in [0.1, 0.15) is 28.4 Å². The summed E-state index contributed by atoms with van der Waals surface area (Å²) in [6, 6.07) is 11.8. The van der Waals surface area contributed by atoms with Crippen molar-refractivity contribution in [3.8, 4) is 5.75 Å². The van der Waals surface area contributed by atoms with Crippen molar-refractivity contribution < 1.29 is 35.3 Å². The predicted molar refractivity (Wildman–Crippen MR) is 87.2 cm³/mol. The van der Waals surface area contributed by atoms with E-state index in [0.29, 0.717) is 11.1 Å². The van der Waals surface area contributed by atoms with Gasteiger partial charge in [0.1, 0.15) is 5.75 Å². The molecule has 0 N–H and O–H groups in total. The summed E-state index contributed by atoms with van der Waals surface area (Å²) in [5.41, 5.74) is -4.27. The van der Waals surface area contributed by atoms with E-state index in [2.05, 4.69) is 4.18 Å². The Hall–Kier alpha value is -2.55. The highest BCUT2D eigenvalue weighted by Crippen LogP contribution is 2.29. The highest BCUT2D eigenvalue weighted by molar-refractivity contribution is 7.88. The van der Waals surface area contributed by atoms with Crippen LogP contribution < -0.4 is 4.18 Å². The number of rotatable bonds is 6. The maximum atomic E-state index is 12.5. The van der Waals surface area contributed by atoms with Crippen LogP contribution in [0.5, 0.6) is 5.75 Å². The van der Waals surface area contributed by atoms with E-state index in [1.165, 1.54) is 24.3 Å². The second-order valence-corrected chi connectivity index (χ2v) is 6.72. The second kappa shape index (κ2) is 7.77. The molecule has 0 heterocycles. The summed E-state index contributed by atoms with van der Waals surface area (Å²) in [5, 5.41) is 0. The molecule has 0 unspecified atom stereocenters. The standard InChI is InChI=1S/C17H15F3O5S/c1-2-24-16(21)13-9-7-12(8-10-13)11-14-5-3-4-6-15(14)25-26(22,23)17(18,19)20/h3-10H,2,11H2,1H3. The lowest BCUT2D eigenvalue weighted by molar-refractivity contribution is -0.0500. The van der Waals surface area contributed by atoms with Crippen molar-refractivity contribution in [1.29, 1.82) is 0 Å². The number of carbonyl (C=O) groups is 1. The lowest BCUT2D eigenvalue weighted by Gasteiger charge is -2.13. The number of alkyl halides is 3. The Morgan fingerprint density at radius 2 is 1.65 bits per heavy atom. The number of benzene rings is 2. The molecule has 26 heavy (non-hydrogen) atoms. The molecule has 5 nitrogen and oxygen atoms in total. The van der Waals surface area contributed by atoms with Crippen LogP contribution >= 0.6 is 0 Å². The first kappa shape index (κ1) is 19.8. The number of hydrogen-bond donors (Lipinski definition) is 0. The Labute approximate surface area is 148 Å². The fraction of sp³-hybridized carbons (Fsp3) is 0.235. The van der Waals surface area contributed by atoms with Gasteiger partial charge >= 0.3 is 21.6 Å². The summed E-state index contributed by atoms with van der Waals surface area (Å²) in [7, 11) is -5.75. The summed E-state index contributed by atoms with van der Waals surface area (Å²) >= 11 is 0. The minimum absolute atomic E-state index is 0.118. The summed E-state index contributed by atoms with van der Waals surface area (Å²) in [5.74, 6) is -0.890. The van der Waals surface area contributed by atoms with E-state index in [9.17, 15) is 26.4 Å². The summed E-state index contributed by atoms with van der Waals surface area (Å²) in [6.07, 6.45) is 0.118. The Kier molecular flexibility index (Phi) is 5.91. The van der Waals surface area contributed by atoms with Crippen molar-refractivity contribution in [3.63, 3.8) is 0 Å². The minimum atomic E-state index is -5.75. The number of ether oxygens (including phenoxy) is 1. The zero-order valence-electron chi connectivity index (χ0n) is 13.6. The fourth-order valence-electron chi connectivity index (χ4n) is 2.09. The summed E-state index contributed by atoms with van der Waals surface area (Å²) < 4.78 is 69.0. The average Bonchev–Trinajstić information content (AvgIpc) is 2.56. The van der Waals surface area contributed by atoms with Gasteiger partial charge in [-0.25, -0.2) is 4.79 Å². The van der Waals surface area contributed by atoms with Crippen molar-refractivity contribution in [2.24, 2.45) is 0 Å². The monoisotopic (exact) mass is 388 g/mol. The van der Waals surface area contributed by atoms with Gasteiger partial charge in [-0.2, -0.15) is 21.6 Å². The minimum Gasteiger partial charge on any atom is -0.462 e. The third kappa shape index (κ3) is 4.75. The zero-order chi connectivity index (χ0) is 19.4.